The largest absolute Gasteiger partial charge is 0.497 e. The molecule has 0 saturated carbocycles. The van der Waals surface area contributed by atoms with E-state index < -0.39 is 0 Å². The number of allylic oxidation sites excluding steroid dienone is 1. The van der Waals surface area contributed by atoms with E-state index in [1.165, 1.54) is 5.56 Å². The molecule has 178 valence electrons. The summed E-state index contributed by atoms with van der Waals surface area (Å²) in [6.45, 7) is 9.00. The van der Waals surface area contributed by atoms with Gasteiger partial charge in [-0.15, -0.1) is 0 Å². The highest BCUT2D eigenvalue weighted by Gasteiger charge is 2.35. The Morgan fingerprint density at radius 1 is 1.18 bits per heavy atom. The van der Waals surface area contributed by atoms with Gasteiger partial charge in [-0.05, 0) is 48.9 Å². The molecule has 0 spiro atoms. The van der Waals surface area contributed by atoms with Crippen molar-refractivity contribution < 1.29 is 14.1 Å². The lowest BCUT2D eigenvalue weighted by Crippen LogP contribution is -2.46. The second-order valence-corrected chi connectivity index (χ2v) is 8.97. The third kappa shape index (κ3) is 4.83. The molecule has 0 radical (unpaired) electrons. The van der Waals surface area contributed by atoms with Crippen molar-refractivity contribution in [3.05, 3.63) is 71.2 Å². The number of methoxy groups -OCH3 is 1. The van der Waals surface area contributed by atoms with Crippen LogP contribution in [-0.4, -0.2) is 34.7 Å². The first-order valence-corrected chi connectivity index (χ1v) is 11.8. The van der Waals surface area contributed by atoms with Crippen LogP contribution < -0.4 is 10.1 Å². The van der Waals surface area contributed by atoms with Crippen LogP contribution in [0.2, 0.25) is 0 Å². The molecule has 7 heteroatoms. The minimum absolute atomic E-state index is 0.112. The quantitative estimate of drug-likeness (QED) is 0.456. The standard InChI is InChI=1S/C27H32N4O3/c1-6-19-10-12-20(13-11-19)24-23(18(4)31(27(32)28-24)15-14-17(2)3)26-29-25(30-34-26)21-8-7-9-22(16-21)33-5/h7-13,16-17,24H,6,14-15H2,1-5H3,(H,28,32). The summed E-state index contributed by atoms with van der Waals surface area (Å²) in [6.07, 6.45) is 1.85. The van der Waals surface area contributed by atoms with Gasteiger partial charge in [0.1, 0.15) is 5.75 Å². The van der Waals surface area contributed by atoms with Gasteiger partial charge in [0.05, 0.1) is 18.7 Å². The predicted octanol–water partition coefficient (Wildman–Crippen LogP) is 5.85. The molecule has 3 aromatic rings. The number of aromatic nitrogens is 2. The van der Waals surface area contributed by atoms with Gasteiger partial charge in [-0.1, -0.05) is 62.3 Å². The van der Waals surface area contributed by atoms with E-state index in [2.05, 4.69) is 55.5 Å². The molecule has 1 aliphatic rings. The van der Waals surface area contributed by atoms with E-state index >= 15 is 0 Å². The maximum atomic E-state index is 13.1. The Balaban J connectivity index is 1.77. The summed E-state index contributed by atoms with van der Waals surface area (Å²) in [4.78, 5) is 19.6. The number of benzene rings is 2. The number of amides is 2. The van der Waals surface area contributed by atoms with Gasteiger partial charge in [-0.25, -0.2) is 4.79 Å². The molecule has 0 fully saturated rings. The van der Waals surface area contributed by atoms with Crippen LogP contribution in [0.4, 0.5) is 4.79 Å². The number of carbonyl (C=O) groups excluding carboxylic acids is 1. The zero-order valence-electron chi connectivity index (χ0n) is 20.5. The highest BCUT2D eigenvalue weighted by molar-refractivity contribution is 5.86. The van der Waals surface area contributed by atoms with Crippen LogP contribution in [0.1, 0.15) is 57.2 Å². The van der Waals surface area contributed by atoms with Crippen molar-refractivity contribution in [2.75, 3.05) is 13.7 Å². The number of hydrogen-bond donors (Lipinski definition) is 1. The Kier molecular flexibility index (Phi) is 7.01. The summed E-state index contributed by atoms with van der Waals surface area (Å²) in [7, 11) is 1.62. The molecule has 2 heterocycles. The molecule has 4 rings (SSSR count). The summed E-state index contributed by atoms with van der Waals surface area (Å²) in [6, 6.07) is 15.3. The van der Waals surface area contributed by atoms with Gasteiger partial charge in [0, 0.05) is 17.8 Å². The molecule has 2 amide bonds. The van der Waals surface area contributed by atoms with Gasteiger partial charge < -0.3 is 14.6 Å². The van der Waals surface area contributed by atoms with Crippen LogP contribution >= 0.6 is 0 Å². The number of nitrogens with zero attached hydrogens (tertiary/aromatic N) is 3. The Morgan fingerprint density at radius 3 is 2.62 bits per heavy atom. The Bertz CT molecular complexity index is 1180. The second kappa shape index (κ2) is 10.1. The average molecular weight is 461 g/mol. The van der Waals surface area contributed by atoms with E-state index in [0.29, 0.717) is 24.2 Å². The number of aryl methyl sites for hydroxylation is 1. The lowest BCUT2D eigenvalue weighted by molar-refractivity contribution is 0.202. The average Bonchev–Trinajstić information content (AvgIpc) is 3.33. The normalized spacial score (nSPS) is 16.2. The van der Waals surface area contributed by atoms with Crippen LogP contribution in [0.5, 0.6) is 5.75 Å². The third-order valence-electron chi connectivity index (χ3n) is 6.23. The summed E-state index contributed by atoms with van der Waals surface area (Å²) in [5.41, 5.74) is 4.66. The molecule has 1 N–H and O–H groups in total. The molecule has 0 saturated heterocycles. The third-order valence-corrected chi connectivity index (χ3v) is 6.23. The van der Waals surface area contributed by atoms with Crippen molar-refractivity contribution in [3.8, 4) is 17.1 Å². The molecule has 0 bridgehead atoms. The van der Waals surface area contributed by atoms with Crippen molar-refractivity contribution in [2.24, 2.45) is 5.92 Å². The number of hydrogen-bond acceptors (Lipinski definition) is 5. The summed E-state index contributed by atoms with van der Waals surface area (Å²) >= 11 is 0. The Hall–Kier alpha value is -3.61. The van der Waals surface area contributed by atoms with Gasteiger partial charge in [-0.2, -0.15) is 4.98 Å². The molecule has 34 heavy (non-hydrogen) atoms. The number of urea groups is 1. The molecular formula is C27H32N4O3. The SMILES string of the molecule is CCc1ccc(C2NC(=O)N(CCC(C)C)C(C)=C2c2nc(-c3cccc(OC)c3)no2)cc1. The molecule has 1 unspecified atom stereocenters. The van der Waals surface area contributed by atoms with Gasteiger partial charge in [0.15, 0.2) is 0 Å². The van der Waals surface area contributed by atoms with Gasteiger partial charge in [-0.3, -0.25) is 4.90 Å². The van der Waals surface area contributed by atoms with Gasteiger partial charge in [0.25, 0.3) is 5.89 Å². The van der Waals surface area contributed by atoms with Crippen molar-refractivity contribution in [1.82, 2.24) is 20.4 Å². The van der Waals surface area contributed by atoms with Crippen LogP contribution in [0, 0.1) is 5.92 Å². The minimum atomic E-state index is -0.382. The molecule has 1 aromatic heterocycles. The number of ether oxygens (including phenoxy) is 1. The van der Waals surface area contributed by atoms with Crippen LogP contribution in [0.15, 0.2) is 58.8 Å². The highest BCUT2D eigenvalue weighted by Crippen LogP contribution is 2.37. The van der Waals surface area contributed by atoms with Crippen LogP contribution in [-0.2, 0) is 6.42 Å². The van der Waals surface area contributed by atoms with Crippen molar-refractivity contribution >= 4 is 11.6 Å². The first-order chi connectivity index (χ1) is 16.4. The summed E-state index contributed by atoms with van der Waals surface area (Å²) in [5.74, 6) is 2.07. The van der Waals surface area contributed by atoms with Gasteiger partial charge in [0.2, 0.25) is 5.82 Å². The van der Waals surface area contributed by atoms with E-state index in [1.54, 1.807) is 12.0 Å². The maximum Gasteiger partial charge on any atom is 0.322 e. The van der Waals surface area contributed by atoms with Crippen molar-refractivity contribution in [1.29, 1.82) is 0 Å². The highest BCUT2D eigenvalue weighted by atomic mass is 16.5. The Morgan fingerprint density at radius 2 is 1.94 bits per heavy atom. The predicted molar refractivity (Wildman–Crippen MR) is 132 cm³/mol. The fourth-order valence-electron chi connectivity index (χ4n) is 4.12. The molecule has 0 aliphatic carbocycles. The van der Waals surface area contributed by atoms with E-state index in [9.17, 15) is 4.79 Å². The molecule has 7 nitrogen and oxygen atoms in total. The van der Waals surface area contributed by atoms with E-state index in [1.807, 2.05) is 31.2 Å². The minimum Gasteiger partial charge on any atom is -0.497 e. The molecular weight excluding hydrogens is 428 g/mol. The first kappa shape index (κ1) is 23.5. The summed E-state index contributed by atoms with van der Waals surface area (Å²) in [5, 5.41) is 7.41. The fraction of sp³-hybridized carbons (Fsp3) is 0.370. The molecule has 2 aromatic carbocycles. The van der Waals surface area contributed by atoms with Crippen molar-refractivity contribution in [3.63, 3.8) is 0 Å². The molecule has 1 aliphatic heterocycles. The van der Waals surface area contributed by atoms with E-state index in [0.717, 1.165) is 41.0 Å². The lowest BCUT2D eigenvalue weighted by Gasteiger charge is -2.35. The summed E-state index contributed by atoms with van der Waals surface area (Å²) < 4.78 is 11.1. The smallest absolute Gasteiger partial charge is 0.322 e. The van der Waals surface area contributed by atoms with Gasteiger partial charge >= 0.3 is 6.03 Å². The first-order valence-electron chi connectivity index (χ1n) is 11.8. The topological polar surface area (TPSA) is 80.5 Å². The van der Waals surface area contributed by atoms with Crippen LogP contribution in [0.3, 0.4) is 0 Å². The number of carbonyl (C=O) groups is 1. The van der Waals surface area contributed by atoms with Crippen molar-refractivity contribution in [2.45, 2.75) is 46.6 Å². The Labute approximate surface area is 200 Å². The van der Waals surface area contributed by atoms with E-state index in [4.69, 9.17) is 14.2 Å². The number of nitrogens with one attached hydrogen (secondary N) is 1. The zero-order valence-corrected chi connectivity index (χ0v) is 20.5. The van der Waals surface area contributed by atoms with Crippen LogP contribution in [0.25, 0.3) is 17.0 Å². The maximum absolute atomic E-state index is 13.1. The lowest BCUT2D eigenvalue weighted by atomic mass is 9.93. The zero-order chi connectivity index (χ0) is 24.2. The second-order valence-electron chi connectivity index (χ2n) is 8.97. The fourth-order valence-corrected chi connectivity index (χ4v) is 4.12. The molecule has 1 atom stereocenters. The monoisotopic (exact) mass is 460 g/mol. The number of rotatable bonds is 8. The van der Waals surface area contributed by atoms with E-state index in [-0.39, 0.29) is 12.1 Å².